The van der Waals surface area contributed by atoms with Gasteiger partial charge in [0.25, 0.3) is 5.69 Å². The van der Waals surface area contributed by atoms with Gasteiger partial charge in [-0.3, -0.25) is 16.0 Å². The minimum atomic E-state index is -0.475. The predicted molar refractivity (Wildman–Crippen MR) is 70.3 cm³/mol. The number of rotatable bonds is 5. The van der Waals surface area contributed by atoms with Crippen molar-refractivity contribution in [2.24, 2.45) is 5.84 Å². The number of hydrogen-bond donors (Lipinski definition) is 3. The zero-order valence-electron chi connectivity index (χ0n) is 9.91. The van der Waals surface area contributed by atoms with E-state index in [9.17, 15) is 10.1 Å². The fourth-order valence-corrected chi connectivity index (χ4v) is 1.52. The number of hydrazine groups is 1. The Morgan fingerprint density at radius 2 is 2.11 bits per heavy atom. The molecule has 0 unspecified atom stereocenters. The molecule has 8 nitrogen and oxygen atoms in total. The maximum absolute atomic E-state index is 10.8. The summed E-state index contributed by atoms with van der Waals surface area (Å²) in [6.45, 7) is 0.438. The highest BCUT2D eigenvalue weighted by Gasteiger charge is 2.09. The topological polar surface area (TPSA) is 119 Å². The van der Waals surface area contributed by atoms with Gasteiger partial charge >= 0.3 is 0 Å². The van der Waals surface area contributed by atoms with Crippen molar-refractivity contribution in [3.8, 4) is 0 Å². The molecule has 0 aliphatic rings. The number of nitrogen functional groups attached to an aromatic ring is 1. The van der Waals surface area contributed by atoms with Gasteiger partial charge in [-0.15, -0.1) is 0 Å². The summed E-state index contributed by atoms with van der Waals surface area (Å²) in [4.78, 5) is 18.2. The number of anilines is 2. The first kappa shape index (κ1) is 12.7. The molecule has 0 fully saturated rings. The molecule has 0 bridgehead atoms. The molecule has 2 rings (SSSR count). The van der Waals surface area contributed by atoms with Gasteiger partial charge in [-0.25, -0.2) is 9.97 Å². The molecule has 0 radical (unpaired) electrons. The molecule has 0 spiro atoms. The summed E-state index contributed by atoms with van der Waals surface area (Å²) in [7, 11) is 0. The van der Waals surface area contributed by atoms with Crippen LogP contribution < -0.4 is 16.6 Å². The molecule has 98 valence electrons. The lowest BCUT2D eigenvalue weighted by Gasteiger charge is -2.08. The summed E-state index contributed by atoms with van der Waals surface area (Å²) in [6, 6.07) is 6.22. The van der Waals surface area contributed by atoms with Crippen LogP contribution in [-0.4, -0.2) is 14.9 Å². The fourth-order valence-electron chi connectivity index (χ4n) is 1.52. The molecular weight excluding hydrogens is 248 g/mol. The lowest BCUT2D eigenvalue weighted by Crippen LogP contribution is -2.08. The van der Waals surface area contributed by atoms with Gasteiger partial charge in [0.05, 0.1) is 22.8 Å². The molecule has 1 heterocycles. The van der Waals surface area contributed by atoms with Gasteiger partial charge in [-0.2, -0.15) is 0 Å². The summed E-state index contributed by atoms with van der Waals surface area (Å²) in [5, 5.41) is 13.8. The molecule has 0 aliphatic heterocycles. The molecule has 1 aromatic carbocycles. The van der Waals surface area contributed by atoms with Gasteiger partial charge in [0.15, 0.2) is 0 Å². The summed E-state index contributed by atoms with van der Waals surface area (Å²) in [6.07, 6.45) is 3.07. The maximum Gasteiger partial charge on any atom is 0.273 e. The molecule has 0 saturated heterocycles. The van der Waals surface area contributed by atoms with Crippen LogP contribution in [0.1, 0.15) is 5.69 Å². The number of nitro groups is 1. The maximum atomic E-state index is 10.8. The van der Waals surface area contributed by atoms with Crippen molar-refractivity contribution >= 4 is 17.1 Å². The molecule has 4 N–H and O–H groups in total. The van der Waals surface area contributed by atoms with E-state index in [-0.39, 0.29) is 5.69 Å². The highest BCUT2D eigenvalue weighted by molar-refractivity contribution is 5.63. The number of nitrogens with two attached hydrogens (primary N) is 1. The Balaban J connectivity index is 2.15. The average Bonchev–Trinajstić information content (AvgIpc) is 2.45. The van der Waals surface area contributed by atoms with Crippen molar-refractivity contribution < 1.29 is 4.92 Å². The Morgan fingerprint density at radius 3 is 2.74 bits per heavy atom. The first-order chi connectivity index (χ1) is 9.19. The number of hydrogen-bond acceptors (Lipinski definition) is 7. The standard InChI is InChI=1S/C11H12N6O2/c12-16-10-3-9(4-11(5-10)17(18)19)14-6-8-1-2-13-7-15-8/h1-5,7,14,16H,6,12H2. The third-order valence-corrected chi connectivity index (χ3v) is 2.41. The zero-order valence-corrected chi connectivity index (χ0v) is 9.91. The molecule has 1 aromatic heterocycles. The Morgan fingerprint density at radius 1 is 1.32 bits per heavy atom. The van der Waals surface area contributed by atoms with Gasteiger partial charge in [-0.05, 0) is 12.1 Å². The zero-order chi connectivity index (χ0) is 13.7. The minimum Gasteiger partial charge on any atom is -0.379 e. The Labute approximate surface area is 108 Å². The normalized spacial score (nSPS) is 9.95. The third kappa shape index (κ3) is 3.36. The van der Waals surface area contributed by atoms with Gasteiger partial charge in [0, 0.05) is 24.0 Å². The van der Waals surface area contributed by atoms with Crippen LogP contribution >= 0.6 is 0 Å². The molecule has 0 aliphatic carbocycles. The van der Waals surface area contributed by atoms with Crippen molar-refractivity contribution in [2.45, 2.75) is 6.54 Å². The predicted octanol–water partition coefficient (Wildman–Crippen LogP) is 1.28. The first-order valence-corrected chi connectivity index (χ1v) is 5.44. The number of nitro benzene ring substituents is 1. The van der Waals surface area contributed by atoms with Gasteiger partial charge in [-0.1, -0.05) is 0 Å². The van der Waals surface area contributed by atoms with Crippen molar-refractivity contribution in [3.63, 3.8) is 0 Å². The van der Waals surface area contributed by atoms with E-state index in [4.69, 9.17) is 5.84 Å². The fraction of sp³-hybridized carbons (Fsp3) is 0.0909. The molecule has 2 aromatic rings. The number of aromatic nitrogens is 2. The van der Waals surface area contributed by atoms with Crippen LogP contribution in [0.3, 0.4) is 0 Å². The van der Waals surface area contributed by atoms with Crippen LogP contribution in [0.15, 0.2) is 36.8 Å². The van der Waals surface area contributed by atoms with E-state index in [1.54, 1.807) is 18.3 Å². The number of non-ortho nitro benzene ring substituents is 1. The third-order valence-electron chi connectivity index (χ3n) is 2.41. The molecule has 8 heteroatoms. The molecule has 0 saturated carbocycles. The van der Waals surface area contributed by atoms with Crippen LogP contribution in [-0.2, 0) is 6.54 Å². The number of benzene rings is 1. The van der Waals surface area contributed by atoms with E-state index in [0.29, 0.717) is 17.9 Å². The second kappa shape index (κ2) is 5.74. The SMILES string of the molecule is NNc1cc(NCc2ccncn2)cc([N+](=O)[O-])c1. The van der Waals surface area contributed by atoms with Crippen LogP contribution in [0, 0.1) is 10.1 Å². The van der Waals surface area contributed by atoms with E-state index >= 15 is 0 Å². The van der Waals surface area contributed by atoms with Gasteiger partial charge < -0.3 is 10.7 Å². The average molecular weight is 260 g/mol. The van der Waals surface area contributed by atoms with Crippen molar-refractivity contribution in [1.29, 1.82) is 0 Å². The monoisotopic (exact) mass is 260 g/mol. The summed E-state index contributed by atoms with van der Waals surface area (Å²) in [5.74, 6) is 5.27. The summed E-state index contributed by atoms with van der Waals surface area (Å²) < 4.78 is 0. The van der Waals surface area contributed by atoms with Crippen LogP contribution in [0.4, 0.5) is 17.1 Å². The van der Waals surface area contributed by atoms with E-state index in [1.807, 2.05) is 0 Å². The molecule has 0 atom stereocenters. The quantitative estimate of drug-likeness (QED) is 0.421. The summed E-state index contributed by atoms with van der Waals surface area (Å²) >= 11 is 0. The van der Waals surface area contributed by atoms with Crippen LogP contribution in [0.25, 0.3) is 0 Å². The molecular formula is C11H12N6O2. The Kier molecular flexibility index (Phi) is 3.84. The first-order valence-electron chi connectivity index (χ1n) is 5.44. The highest BCUT2D eigenvalue weighted by Crippen LogP contribution is 2.23. The van der Waals surface area contributed by atoms with Crippen molar-refractivity contribution in [3.05, 3.63) is 52.6 Å². The van der Waals surface area contributed by atoms with E-state index in [2.05, 4.69) is 20.7 Å². The second-order valence-electron chi connectivity index (χ2n) is 3.72. The van der Waals surface area contributed by atoms with Crippen molar-refractivity contribution in [2.75, 3.05) is 10.7 Å². The molecule has 19 heavy (non-hydrogen) atoms. The number of nitrogens with one attached hydrogen (secondary N) is 2. The van der Waals surface area contributed by atoms with Crippen LogP contribution in [0.5, 0.6) is 0 Å². The van der Waals surface area contributed by atoms with E-state index in [0.717, 1.165) is 5.69 Å². The summed E-state index contributed by atoms with van der Waals surface area (Å²) in [5.41, 5.74) is 4.17. The van der Waals surface area contributed by atoms with Crippen molar-refractivity contribution in [1.82, 2.24) is 9.97 Å². The van der Waals surface area contributed by atoms with E-state index < -0.39 is 4.92 Å². The second-order valence-corrected chi connectivity index (χ2v) is 3.72. The van der Waals surface area contributed by atoms with Gasteiger partial charge in [0.2, 0.25) is 0 Å². The largest absolute Gasteiger partial charge is 0.379 e. The molecule has 0 amide bonds. The minimum absolute atomic E-state index is 0.0411. The Hall–Kier alpha value is -2.74. The van der Waals surface area contributed by atoms with Gasteiger partial charge in [0.1, 0.15) is 6.33 Å². The van der Waals surface area contributed by atoms with E-state index in [1.165, 1.54) is 18.5 Å². The van der Waals surface area contributed by atoms with Crippen LogP contribution in [0.2, 0.25) is 0 Å². The lowest BCUT2D eigenvalue weighted by molar-refractivity contribution is -0.384. The highest BCUT2D eigenvalue weighted by atomic mass is 16.6. The lowest BCUT2D eigenvalue weighted by atomic mass is 10.2. The Bertz CT molecular complexity index is 575. The smallest absolute Gasteiger partial charge is 0.273 e. The number of nitrogens with zero attached hydrogens (tertiary/aromatic N) is 3.